The Bertz CT molecular complexity index is 851. The van der Waals surface area contributed by atoms with Crippen LogP contribution in [0.15, 0.2) is 54.6 Å². The highest BCUT2D eigenvalue weighted by atomic mass is 19.1. The smallest absolute Gasteiger partial charge is 0.233 e. The van der Waals surface area contributed by atoms with Crippen molar-refractivity contribution in [2.24, 2.45) is 5.92 Å². The molecule has 152 valence electrons. The van der Waals surface area contributed by atoms with E-state index in [0.29, 0.717) is 52.0 Å². The van der Waals surface area contributed by atoms with Crippen LogP contribution in [0.1, 0.15) is 41.6 Å². The first kappa shape index (κ1) is 19.8. The molecule has 0 spiro atoms. The quantitative estimate of drug-likeness (QED) is 0.736. The van der Waals surface area contributed by atoms with Gasteiger partial charge in [-0.25, -0.2) is 4.39 Å². The molecule has 29 heavy (non-hydrogen) atoms. The molecule has 5 heteroatoms. The van der Waals surface area contributed by atoms with Gasteiger partial charge in [-0.05, 0) is 43.4 Å². The van der Waals surface area contributed by atoms with Crippen molar-refractivity contribution >= 4 is 11.7 Å². The van der Waals surface area contributed by atoms with Crippen LogP contribution in [-0.2, 0) is 14.9 Å². The average molecular weight is 395 g/mol. The normalized spacial score (nSPS) is 19.7. The van der Waals surface area contributed by atoms with Gasteiger partial charge in [0.1, 0.15) is 5.82 Å². The number of Topliss-reactive ketones (excluding diaryl/α,β-unsaturated/α-hetero) is 1. The lowest BCUT2D eigenvalue weighted by Gasteiger charge is -2.42. The molecular weight excluding hydrogens is 369 g/mol. The zero-order chi connectivity index (χ0) is 20.3. The Morgan fingerprint density at radius 2 is 1.55 bits per heavy atom. The summed E-state index contributed by atoms with van der Waals surface area (Å²) in [5, 5.41) is 0. The van der Waals surface area contributed by atoms with E-state index in [1.165, 1.54) is 12.1 Å². The van der Waals surface area contributed by atoms with Crippen LogP contribution in [0.5, 0.6) is 0 Å². The van der Waals surface area contributed by atoms with Crippen LogP contribution >= 0.6 is 0 Å². The number of halogens is 1. The molecule has 0 saturated carbocycles. The minimum atomic E-state index is -0.664. The number of likely N-dealkylation sites (tertiary alicyclic amines) is 1. The summed E-state index contributed by atoms with van der Waals surface area (Å²) in [4.78, 5) is 28.2. The molecule has 2 aromatic rings. The van der Waals surface area contributed by atoms with Crippen LogP contribution in [-0.4, -0.2) is 42.9 Å². The fourth-order valence-corrected chi connectivity index (χ4v) is 4.60. The Kier molecular flexibility index (Phi) is 5.76. The second-order valence-corrected chi connectivity index (χ2v) is 8.00. The second-order valence-electron chi connectivity index (χ2n) is 8.00. The topological polar surface area (TPSA) is 46.6 Å². The number of rotatable bonds is 4. The highest BCUT2D eigenvalue weighted by molar-refractivity contribution is 5.98. The van der Waals surface area contributed by atoms with Gasteiger partial charge in [0.2, 0.25) is 5.91 Å². The average Bonchev–Trinajstić information content (AvgIpc) is 2.80. The van der Waals surface area contributed by atoms with Gasteiger partial charge in [-0.1, -0.05) is 42.5 Å². The summed E-state index contributed by atoms with van der Waals surface area (Å²) >= 11 is 0. The molecule has 2 heterocycles. The monoisotopic (exact) mass is 395 g/mol. The summed E-state index contributed by atoms with van der Waals surface area (Å²) in [5.74, 6) is -0.100. The van der Waals surface area contributed by atoms with Crippen molar-refractivity contribution in [1.29, 1.82) is 0 Å². The summed E-state index contributed by atoms with van der Waals surface area (Å²) in [6.45, 7) is 2.19. The molecule has 0 radical (unpaired) electrons. The molecule has 0 aromatic heterocycles. The molecule has 4 rings (SSSR count). The zero-order valence-corrected chi connectivity index (χ0v) is 16.5. The SMILES string of the molecule is O=C(c1ccccc1)C1CCN(C(=O)C2(c3ccc(F)cc3)CCOCC2)CC1. The maximum Gasteiger partial charge on any atom is 0.233 e. The van der Waals surface area contributed by atoms with Crippen molar-refractivity contribution in [2.45, 2.75) is 31.1 Å². The summed E-state index contributed by atoms with van der Waals surface area (Å²) in [6, 6.07) is 15.7. The number of nitrogens with zero attached hydrogens (tertiary/aromatic N) is 1. The number of piperidine rings is 1. The Hall–Kier alpha value is -2.53. The van der Waals surface area contributed by atoms with E-state index in [0.717, 1.165) is 11.1 Å². The van der Waals surface area contributed by atoms with Gasteiger partial charge in [-0.2, -0.15) is 0 Å². The molecule has 0 N–H and O–H groups in total. The maximum atomic E-state index is 13.6. The molecule has 2 fully saturated rings. The highest BCUT2D eigenvalue weighted by Gasteiger charge is 2.45. The van der Waals surface area contributed by atoms with Crippen LogP contribution in [0, 0.1) is 11.7 Å². The minimum absolute atomic E-state index is 0.0436. The Morgan fingerprint density at radius 1 is 0.931 bits per heavy atom. The Morgan fingerprint density at radius 3 is 2.17 bits per heavy atom. The third-order valence-corrected chi connectivity index (χ3v) is 6.36. The van der Waals surface area contributed by atoms with E-state index < -0.39 is 5.41 Å². The molecule has 0 bridgehead atoms. The lowest BCUT2D eigenvalue weighted by Crippen LogP contribution is -2.52. The number of ether oxygens (including phenoxy) is 1. The van der Waals surface area contributed by atoms with Crippen LogP contribution in [0.3, 0.4) is 0 Å². The molecule has 0 atom stereocenters. The van der Waals surface area contributed by atoms with E-state index in [1.807, 2.05) is 35.2 Å². The molecule has 2 saturated heterocycles. The minimum Gasteiger partial charge on any atom is -0.381 e. The fraction of sp³-hybridized carbons (Fsp3) is 0.417. The third-order valence-electron chi connectivity index (χ3n) is 6.36. The molecule has 4 nitrogen and oxygen atoms in total. The highest BCUT2D eigenvalue weighted by Crippen LogP contribution is 2.38. The van der Waals surface area contributed by atoms with E-state index in [1.54, 1.807) is 12.1 Å². The molecule has 0 unspecified atom stereocenters. The molecule has 2 aliphatic heterocycles. The van der Waals surface area contributed by atoms with Crippen molar-refractivity contribution in [1.82, 2.24) is 4.90 Å². The molecule has 2 aliphatic rings. The number of carbonyl (C=O) groups is 2. The molecule has 0 aliphatic carbocycles. The lowest BCUT2D eigenvalue weighted by atomic mass is 9.72. The van der Waals surface area contributed by atoms with Crippen molar-refractivity contribution < 1.29 is 18.7 Å². The van der Waals surface area contributed by atoms with Gasteiger partial charge < -0.3 is 9.64 Å². The van der Waals surface area contributed by atoms with E-state index >= 15 is 0 Å². The van der Waals surface area contributed by atoms with E-state index in [9.17, 15) is 14.0 Å². The first-order chi connectivity index (χ1) is 14.1. The van der Waals surface area contributed by atoms with E-state index in [2.05, 4.69) is 0 Å². The molecular formula is C24H26FNO3. The number of hydrogen-bond donors (Lipinski definition) is 0. The van der Waals surface area contributed by atoms with Gasteiger partial charge in [0.25, 0.3) is 0 Å². The van der Waals surface area contributed by atoms with Crippen molar-refractivity contribution in [2.75, 3.05) is 26.3 Å². The van der Waals surface area contributed by atoms with Gasteiger partial charge in [0.05, 0.1) is 5.41 Å². The van der Waals surface area contributed by atoms with Crippen molar-refractivity contribution in [3.05, 3.63) is 71.5 Å². The first-order valence-corrected chi connectivity index (χ1v) is 10.3. The van der Waals surface area contributed by atoms with Gasteiger partial charge in [0.15, 0.2) is 5.78 Å². The molecule has 1 amide bonds. The maximum absolute atomic E-state index is 13.6. The largest absolute Gasteiger partial charge is 0.381 e. The van der Waals surface area contributed by atoms with E-state index in [4.69, 9.17) is 4.74 Å². The number of amides is 1. The number of hydrogen-bond acceptors (Lipinski definition) is 3. The predicted octanol–water partition coefficient (Wildman–Crippen LogP) is 4.00. The summed E-state index contributed by atoms with van der Waals surface area (Å²) in [6.07, 6.45) is 2.55. The number of benzene rings is 2. The van der Waals surface area contributed by atoms with Gasteiger partial charge >= 0.3 is 0 Å². The van der Waals surface area contributed by atoms with Gasteiger partial charge in [-0.15, -0.1) is 0 Å². The number of ketones is 1. The molecule has 2 aromatic carbocycles. The van der Waals surface area contributed by atoms with Crippen molar-refractivity contribution in [3.8, 4) is 0 Å². The van der Waals surface area contributed by atoms with Crippen molar-refractivity contribution in [3.63, 3.8) is 0 Å². The lowest BCUT2D eigenvalue weighted by molar-refractivity contribution is -0.142. The standard InChI is InChI=1S/C24H26FNO3/c25-21-8-6-20(7-9-21)24(12-16-29-17-13-24)23(28)26-14-10-19(11-15-26)22(27)18-4-2-1-3-5-18/h1-9,19H,10-17H2. The van der Waals surface area contributed by atoms with Crippen LogP contribution in [0.25, 0.3) is 0 Å². The zero-order valence-electron chi connectivity index (χ0n) is 16.5. The third kappa shape index (κ3) is 3.97. The van der Waals surface area contributed by atoms with Gasteiger partial charge in [0, 0.05) is 37.8 Å². The predicted molar refractivity (Wildman–Crippen MR) is 108 cm³/mol. The van der Waals surface area contributed by atoms with E-state index in [-0.39, 0.29) is 23.4 Å². The fourth-order valence-electron chi connectivity index (χ4n) is 4.60. The van der Waals surface area contributed by atoms with Crippen LogP contribution in [0.4, 0.5) is 4.39 Å². The van der Waals surface area contributed by atoms with Gasteiger partial charge in [-0.3, -0.25) is 9.59 Å². The number of carbonyl (C=O) groups excluding carboxylic acids is 2. The van der Waals surface area contributed by atoms with Crippen LogP contribution in [0.2, 0.25) is 0 Å². The Labute approximate surface area is 170 Å². The summed E-state index contributed by atoms with van der Waals surface area (Å²) < 4.78 is 19.0. The van der Waals surface area contributed by atoms with Crippen LogP contribution < -0.4 is 0 Å². The Balaban J connectivity index is 1.48. The summed E-state index contributed by atoms with van der Waals surface area (Å²) in [5.41, 5.74) is 0.932. The summed E-state index contributed by atoms with van der Waals surface area (Å²) in [7, 11) is 0. The first-order valence-electron chi connectivity index (χ1n) is 10.3. The second kappa shape index (κ2) is 8.46.